The van der Waals surface area contributed by atoms with Gasteiger partial charge in [-0.25, -0.2) is 4.39 Å². The highest BCUT2D eigenvalue weighted by molar-refractivity contribution is 9.10. The van der Waals surface area contributed by atoms with Crippen molar-refractivity contribution in [3.8, 4) is 0 Å². The summed E-state index contributed by atoms with van der Waals surface area (Å²) in [7, 11) is 0. The van der Waals surface area contributed by atoms with Crippen molar-refractivity contribution in [2.45, 2.75) is 26.3 Å². The second-order valence-electron chi connectivity index (χ2n) is 4.78. The van der Waals surface area contributed by atoms with Gasteiger partial charge in [0.15, 0.2) is 5.17 Å². The molecule has 1 aromatic rings. The molecule has 0 radical (unpaired) electrons. The van der Waals surface area contributed by atoms with Crippen molar-refractivity contribution in [1.82, 2.24) is 0 Å². The molecule has 1 aromatic carbocycles. The fourth-order valence-electron chi connectivity index (χ4n) is 1.86. The third kappa shape index (κ3) is 3.72. The molecule has 0 fully saturated rings. The molecule has 2 rings (SSSR count). The van der Waals surface area contributed by atoms with Gasteiger partial charge < -0.3 is 5.32 Å². The average molecular weight is 331 g/mol. The number of amidine groups is 1. The van der Waals surface area contributed by atoms with Crippen LogP contribution >= 0.6 is 27.7 Å². The Kier molecular flexibility index (Phi) is 4.67. The lowest BCUT2D eigenvalue weighted by atomic mass is 10.1. The zero-order valence-electron chi connectivity index (χ0n) is 10.4. The van der Waals surface area contributed by atoms with Crippen LogP contribution in [0.1, 0.15) is 20.3 Å². The minimum absolute atomic E-state index is 0.256. The summed E-state index contributed by atoms with van der Waals surface area (Å²) in [6, 6.07) is 5.21. The molecule has 1 aliphatic rings. The van der Waals surface area contributed by atoms with Gasteiger partial charge in [-0.2, -0.15) is 0 Å². The van der Waals surface area contributed by atoms with E-state index in [9.17, 15) is 4.39 Å². The maximum Gasteiger partial charge on any atom is 0.161 e. The molecule has 18 heavy (non-hydrogen) atoms. The smallest absolute Gasteiger partial charge is 0.161 e. The Labute approximate surface area is 120 Å². The van der Waals surface area contributed by atoms with Crippen LogP contribution in [0, 0.1) is 11.7 Å². The number of nitrogens with one attached hydrogen (secondary N) is 1. The zero-order valence-corrected chi connectivity index (χ0v) is 12.8. The lowest BCUT2D eigenvalue weighted by Gasteiger charge is -2.08. The van der Waals surface area contributed by atoms with Gasteiger partial charge in [0.25, 0.3) is 0 Å². The van der Waals surface area contributed by atoms with E-state index in [1.807, 2.05) is 0 Å². The fraction of sp³-hybridized carbons (Fsp3) is 0.462. The zero-order chi connectivity index (χ0) is 13.1. The number of aliphatic imine (C=N–C) groups is 1. The molecule has 0 bridgehead atoms. The van der Waals surface area contributed by atoms with Crippen LogP contribution in [0.4, 0.5) is 10.1 Å². The summed E-state index contributed by atoms with van der Waals surface area (Å²) < 4.78 is 14.4. The molecule has 0 saturated heterocycles. The molecule has 1 unspecified atom stereocenters. The highest BCUT2D eigenvalue weighted by Crippen LogP contribution is 2.26. The molecule has 1 aliphatic heterocycles. The second kappa shape index (κ2) is 6.06. The molecule has 5 heteroatoms. The number of thioether (sulfide) groups is 1. The van der Waals surface area contributed by atoms with E-state index in [1.165, 1.54) is 6.07 Å². The molecule has 0 saturated carbocycles. The van der Waals surface area contributed by atoms with E-state index in [2.05, 4.69) is 40.1 Å². The topological polar surface area (TPSA) is 24.4 Å². The Bertz CT molecular complexity index is 462. The Hall–Kier alpha value is -0.550. The van der Waals surface area contributed by atoms with Crippen molar-refractivity contribution < 1.29 is 4.39 Å². The molecule has 98 valence electrons. The normalized spacial score (nSPS) is 19.2. The van der Waals surface area contributed by atoms with Crippen LogP contribution in [-0.4, -0.2) is 17.0 Å². The Balaban J connectivity index is 2.04. The lowest BCUT2D eigenvalue weighted by Crippen LogP contribution is -2.08. The first kappa shape index (κ1) is 13.9. The van der Waals surface area contributed by atoms with Crippen LogP contribution in [-0.2, 0) is 0 Å². The minimum Gasteiger partial charge on any atom is -0.333 e. The summed E-state index contributed by atoms with van der Waals surface area (Å²) in [6.07, 6.45) is 1.08. The van der Waals surface area contributed by atoms with Crippen molar-refractivity contribution in [3.63, 3.8) is 0 Å². The van der Waals surface area contributed by atoms with Crippen LogP contribution in [0.15, 0.2) is 27.7 Å². The molecule has 2 nitrogen and oxygen atoms in total. The van der Waals surface area contributed by atoms with Gasteiger partial charge in [-0.3, -0.25) is 4.99 Å². The maximum atomic E-state index is 13.6. The SMILES string of the molecule is CC(C)CC1CSC(Nc2cc(Br)ccc2F)=N1. The summed E-state index contributed by atoms with van der Waals surface area (Å²) in [4.78, 5) is 4.58. The molecule has 0 aromatic heterocycles. The monoisotopic (exact) mass is 330 g/mol. The molecule has 1 atom stereocenters. The minimum atomic E-state index is -0.256. The highest BCUT2D eigenvalue weighted by atomic mass is 79.9. The molecule has 1 heterocycles. The maximum absolute atomic E-state index is 13.6. The lowest BCUT2D eigenvalue weighted by molar-refractivity contribution is 0.529. The van der Waals surface area contributed by atoms with Gasteiger partial charge in [0.05, 0.1) is 11.7 Å². The van der Waals surface area contributed by atoms with E-state index in [0.717, 1.165) is 21.8 Å². The Morgan fingerprint density at radius 2 is 2.33 bits per heavy atom. The van der Waals surface area contributed by atoms with Crippen LogP contribution in [0.25, 0.3) is 0 Å². The van der Waals surface area contributed by atoms with E-state index in [0.29, 0.717) is 17.6 Å². The van der Waals surface area contributed by atoms with E-state index in [1.54, 1.807) is 23.9 Å². The molecular formula is C13H16BrFN2S. The van der Waals surface area contributed by atoms with Crippen molar-refractivity contribution in [2.24, 2.45) is 10.9 Å². The number of hydrogen-bond donors (Lipinski definition) is 1. The second-order valence-corrected chi connectivity index (χ2v) is 6.70. The number of hydrogen-bond acceptors (Lipinski definition) is 3. The summed E-state index contributed by atoms with van der Waals surface area (Å²) in [5.74, 6) is 1.37. The number of anilines is 1. The third-order valence-electron chi connectivity index (χ3n) is 2.63. The van der Waals surface area contributed by atoms with Crippen molar-refractivity contribution >= 4 is 38.5 Å². The Morgan fingerprint density at radius 3 is 3.06 bits per heavy atom. The number of rotatable bonds is 3. The average Bonchev–Trinajstić information content (AvgIpc) is 2.70. The van der Waals surface area contributed by atoms with Gasteiger partial charge in [-0.05, 0) is 30.5 Å². The number of benzene rings is 1. The predicted molar refractivity (Wildman–Crippen MR) is 80.9 cm³/mol. The standard InChI is InChI=1S/C13H16BrFN2S/c1-8(2)5-10-7-18-13(16-10)17-12-6-9(14)3-4-11(12)15/h3-4,6,8,10H,5,7H2,1-2H3,(H,16,17). The first-order chi connectivity index (χ1) is 8.54. The van der Waals surface area contributed by atoms with Gasteiger partial charge in [-0.15, -0.1) is 0 Å². The molecule has 0 spiro atoms. The molecular weight excluding hydrogens is 315 g/mol. The summed E-state index contributed by atoms with van der Waals surface area (Å²) in [6.45, 7) is 4.39. The van der Waals surface area contributed by atoms with Crippen LogP contribution < -0.4 is 5.32 Å². The van der Waals surface area contributed by atoms with E-state index in [-0.39, 0.29) is 5.82 Å². The first-order valence-corrected chi connectivity index (χ1v) is 7.75. The van der Waals surface area contributed by atoms with Gasteiger partial charge in [0, 0.05) is 10.2 Å². The molecule has 1 N–H and O–H groups in total. The highest BCUT2D eigenvalue weighted by Gasteiger charge is 2.19. The van der Waals surface area contributed by atoms with Gasteiger partial charge in [0.2, 0.25) is 0 Å². The fourth-order valence-corrected chi connectivity index (χ4v) is 3.18. The first-order valence-electron chi connectivity index (χ1n) is 5.97. The van der Waals surface area contributed by atoms with Gasteiger partial charge in [0.1, 0.15) is 5.82 Å². The van der Waals surface area contributed by atoms with E-state index < -0.39 is 0 Å². The molecule has 0 aliphatic carbocycles. The third-order valence-corrected chi connectivity index (χ3v) is 4.15. The number of nitrogens with zero attached hydrogens (tertiary/aromatic N) is 1. The van der Waals surface area contributed by atoms with Gasteiger partial charge in [-0.1, -0.05) is 41.5 Å². The van der Waals surface area contributed by atoms with Crippen LogP contribution in [0.3, 0.4) is 0 Å². The van der Waals surface area contributed by atoms with Gasteiger partial charge >= 0.3 is 0 Å². The summed E-state index contributed by atoms with van der Waals surface area (Å²) in [5, 5.41) is 3.88. The Morgan fingerprint density at radius 1 is 1.56 bits per heavy atom. The summed E-state index contributed by atoms with van der Waals surface area (Å²) >= 11 is 5.00. The van der Waals surface area contributed by atoms with Crippen molar-refractivity contribution in [3.05, 3.63) is 28.5 Å². The quantitative estimate of drug-likeness (QED) is 0.881. The van der Waals surface area contributed by atoms with Crippen molar-refractivity contribution in [2.75, 3.05) is 11.1 Å². The van der Waals surface area contributed by atoms with E-state index >= 15 is 0 Å². The van der Waals surface area contributed by atoms with Crippen LogP contribution in [0.2, 0.25) is 0 Å². The number of halogens is 2. The van der Waals surface area contributed by atoms with Crippen LogP contribution in [0.5, 0.6) is 0 Å². The van der Waals surface area contributed by atoms with E-state index in [4.69, 9.17) is 0 Å². The van der Waals surface area contributed by atoms with Crippen molar-refractivity contribution in [1.29, 1.82) is 0 Å². The largest absolute Gasteiger partial charge is 0.333 e. The predicted octanol–water partition coefficient (Wildman–Crippen LogP) is 4.52. The summed E-state index contributed by atoms with van der Waals surface area (Å²) in [5.41, 5.74) is 0.473. The molecule has 0 amide bonds.